The summed E-state index contributed by atoms with van der Waals surface area (Å²) in [6, 6.07) is 0.608. The average Bonchev–Trinajstić information content (AvgIpc) is 3.37. The molecule has 2 amide bonds. The Morgan fingerprint density at radius 1 is 1.27 bits per heavy atom. The second-order valence-electron chi connectivity index (χ2n) is 9.63. The minimum absolute atomic E-state index is 0.0467. The number of halogens is 1. The SMILES string of the molecule is CC(C)(O/N=C(\C(=O)N[C@@H]1C(=O)N2C(C(=O)O)=C(CNS(=O)(=O)c3cc(O)c(O)c(Br)c3)CSC12)c1csc(N)n1)C(=O)O. The number of amides is 2. The van der Waals surface area contributed by atoms with Crippen molar-refractivity contribution in [3.8, 4) is 11.5 Å². The molecule has 1 fully saturated rings. The molecule has 8 N–H and O–H groups in total. The van der Waals surface area contributed by atoms with Gasteiger partial charge in [-0.05, 0) is 41.4 Å². The van der Waals surface area contributed by atoms with Crippen molar-refractivity contribution in [3.05, 3.63) is 38.9 Å². The summed E-state index contributed by atoms with van der Waals surface area (Å²) in [5, 5.41) is 45.3. The first-order chi connectivity index (χ1) is 20.4. The van der Waals surface area contributed by atoms with Gasteiger partial charge in [0, 0.05) is 23.7 Å². The number of thiazole rings is 1. The van der Waals surface area contributed by atoms with Gasteiger partial charge in [-0.1, -0.05) is 5.16 Å². The van der Waals surface area contributed by atoms with Crippen molar-refractivity contribution in [2.45, 2.75) is 35.8 Å². The molecule has 17 nitrogen and oxygen atoms in total. The Morgan fingerprint density at radius 3 is 2.52 bits per heavy atom. The zero-order valence-corrected chi connectivity index (χ0v) is 26.5. The van der Waals surface area contributed by atoms with Crippen molar-refractivity contribution in [1.29, 1.82) is 0 Å². The maximum Gasteiger partial charge on any atom is 0.352 e. The second kappa shape index (κ2) is 12.2. The van der Waals surface area contributed by atoms with E-state index in [0.29, 0.717) is 0 Å². The second-order valence-corrected chi connectivity index (χ2v) is 14.2. The van der Waals surface area contributed by atoms with Crippen molar-refractivity contribution >= 4 is 83.6 Å². The van der Waals surface area contributed by atoms with Crippen LogP contribution in [-0.2, 0) is 34.0 Å². The van der Waals surface area contributed by atoms with Crippen LogP contribution in [0.4, 0.5) is 5.13 Å². The first kappa shape index (κ1) is 33.0. The number of phenolic OH excluding ortho intramolecular Hbond substituents is 2. The zero-order valence-electron chi connectivity index (χ0n) is 22.5. The molecular weight excluding hydrogens is 712 g/mol. The minimum atomic E-state index is -4.30. The normalized spacial score (nSPS) is 18.8. The third kappa shape index (κ3) is 6.45. The number of oxime groups is 1. The van der Waals surface area contributed by atoms with Gasteiger partial charge in [0.1, 0.15) is 22.8 Å². The molecule has 1 aromatic carbocycles. The number of carboxylic acids is 2. The van der Waals surface area contributed by atoms with E-state index in [2.05, 4.69) is 36.1 Å². The summed E-state index contributed by atoms with van der Waals surface area (Å²) < 4.78 is 27.7. The maximum absolute atomic E-state index is 13.2. The average molecular weight is 736 g/mol. The van der Waals surface area contributed by atoms with Gasteiger partial charge in [0.2, 0.25) is 15.6 Å². The maximum atomic E-state index is 13.2. The molecule has 21 heteroatoms. The Kier molecular flexibility index (Phi) is 9.17. The summed E-state index contributed by atoms with van der Waals surface area (Å²) >= 11 is 4.95. The summed E-state index contributed by atoms with van der Waals surface area (Å²) in [5.41, 5.74) is 2.86. The Bertz CT molecular complexity index is 1720. The number of sulfonamides is 1. The number of fused-ring (bicyclic) bond motifs is 1. The summed E-state index contributed by atoms with van der Waals surface area (Å²) in [7, 11) is -4.30. The van der Waals surface area contributed by atoms with Gasteiger partial charge in [-0.15, -0.1) is 23.1 Å². The van der Waals surface area contributed by atoms with E-state index >= 15 is 0 Å². The summed E-state index contributed by atoms with van der Waals surface area (Å²) in [6.45, 7) is 1.88. The highest BCUT2D eigenvalue weighted by Gasteiger charge is 2.54. The highest BCUT2D eigenvalue weighted by atomic mass is 79.9. The number of aliphatic carboxylic acids is 2. The number of aromatic hydroxyl groups is 2. The molecule has 1 saturated heterocycles. The largest absolute Gasteiger partial charge is 0.504 e. The number of thioether (sulfide) groups is 1. The lowest BCUT2D eigenvalue weighted by Gasteiger charge is -2.49. The van der Waals surface area contributed by atoms with Crippen LogP contribution in [-0.4, -0.2) is 97.5 Å². The molecule has 2 aromatic rings. The first-order valence-corrected chi connectivity index (χ1v) is 16.3. The summed E-state index contributed by atoms with van der Waals surface area (Å²) in [4.78, 5) is 59.4. The number of β-lactam (4-membered cyclic amide) rings is 1. The van der Waals surface area contributed by atoms with E-state index < -0.39 is 85.1 Å². The van der Waals surface area contributed by atoms with E-state index in [1.807, 2.05) is 0 Å². The molecule has 2 atom stereocenters. The molecule has 2 aliphatic rings. The van der Waals surface area contributed by atoms with E-state index in [4.69, 9.17) is 10.6 Å². The van der Waals surface area contributed by atoms with Crippen molar-refractivity contribution in [2.24, 2.45) is 5.16 Å². The predicted molar refractivity (Wildman–Crippen MR) is 158 cm³/mol. The van der Waals surface area contributed by atoms with E-state index in [0.717, 1.165) is 40.1 Å². The van der Waals surface area contributed by atoms with Crippen LogP contribution in [0.15, 0.2) is 43.3 Å². The number of phenols is 2. The van der Waals surface area contributed by atoms with Gasteiger partial charge < -0.3 is 36.3 Å². The third-order valence-corrected chi connectivity index (χ3v) is 10.2. The minimum Gasteiger partial charge on any atom is -0.504 e. The number of carbonyl (C=O) groups is 4. The Balaban J connectivity index is 1.53. The van der Waals surface area contributed by atoms with E-state index in [1.165, 1.54) is 19.2 Å². The number of hydrogen-bond acceptors (Lipinski definition) is 14. The van der Waals surface area contributed by atoms with Gasteiger partial charge >= 0.3 is 11.9 Å². The zero-order chi connectivity index (χ0) is 32.7. The van der Waals surface area contributed by atoms with Gasteiger partial charge in [0.05, 0.1) is 9.37 Å². The number of nitrogens with one attached hydrogen (secondary N) is 2. The molecule has 236 valence electrons. The highest BCUT2D eigenvalue weighted by molar-refractivity contribution is 9.10. The van der Waals surface area contributed by atoms with Crippen LogP contribution in [0.1, 0.15) is 19.5 Å². The molecule has 0 saturated carbocycles. The van der Waals surface area contributed by atoms with Gasteiger partial charge in [-0.25, -0.2) is 27.7 Å². The molecule has 0 aliphatic carbocycles. The van der Waals surface area contributed by atoms with Gasteiger partial charge in [0.15, 0.2) is 22.3 Å². The number of aromatic nitrogens is 1. The number of nitrogen functional groups attached to an aromatic ring is 1. The fourth-order valence-electron chi connectivity index (χ4n) is 3.81. The third-order valence-electron chi connectivity index (χ3n) is 6.20. The molecule has 44 heavy (non-hydrogen) atoms. The quantitative estimate of drug-likeness (QED) is 0.0704. The summed E-state index contributed by atoms with van der Waals surface area (Å²) in [6.07, 6.45) is 0. The molecule has 4 rings (SSSR count). The topological polar surface area (TPSA) is 271 Å². The first-order valence-electron chi connectivity index (χ1n) is 12.1. The molecule has 0 radical (unpaired) electrons. The predicted octanol–water partition coefficient (Wildman–Crippen LogP) is 0.200. The lowest BCUT2D eigenvalue weighted by molar-refractivity contribution is -0.161. The van der Waals surface area contributed by atoms with Crippen LogP contribution < -0.4 is 15.8 Å². The van der Waals surface area contributed by atoms with Gasteiger partial charge in [0.25, 0.3) is 11.8 Å². The van der Waals surface area contributed by atoms with Crippen molar-refractivity contribution in [3.63, 3.8) is 0 Å². The number of carboxylic acid groups (broad SMARTS) is 2. The molecule has 0 bridgehead atoms. The Labute approximate surface area is 264 Å². The number of nitrogens with zero attached hydrogens (tertiary/aromatic N) is 3. The number of carbonyl (C=O) groups excluding carboxylic acids is 2. The van der Waals surface area contributed by atoms with Crippen molar-refractivity contribution < 1.29 is 52.9 Å². The molecular formula is C23H23BrN6O11S3. The van der Waals surface area contributed by atoms with Crippen LogP contribution in [0, 0.1) is 0 Å². The molecule has 2 aliphatic heterocycles. The van der Waals surface area contributed by atoms with Crippen LogP contribution in [0.2, 0.25) is 0 Å². The Hall–Kier alpha value is -3.92. The van der Waals surface area contributed by atoms with Crippen LogP contribution >= 0.6 is 39.0 Å². The fourth-order valence-corrected chi connectivity index (χ4v) is 7.38. The van der Waals surface area contributed by atoms with Crippen LogP contribution in [0.5, 0.6) is 11.5 Å². The monoisotopic (exact) mass is 734 g/mol. The van der Waals surface area contributed by atoms with Crippen molar-refractivity contribution in [2.75, 3.05) is 18.0 Å². The van der Waals surface area contributed by atoms with E-state index in [1.54, 1.807) is 0 Å². The van der Waals surface area contributed by atoms with Crippen LogP contribution in [0.3, 0.4) is 0 Å². The molecule has 3 heterocycles. The lowest BCUT2D eigenvalue weighted by atomic mass is 10.0. The smallest absolute Gasteiger partial charge is 0.352 e. The number of nitrogens with two attached hydrogens (primary N) is 1. The number of rotatable bonds is 11. The standard InChI is InChI=1S/C23H23BrN6O11S3/c1-23(2,21(37)38)41-29-13(11-7-43-22(25)27-11)17(33)28-14-18(34)30-15(20(35)36)8(6-42-19(14)30)5-26-44(39,40)9-3-10(24)16(32)12(31)4-9/h3-4,7,14,19,26,31-32H,5-6H2,1-2H3,(H2,25,27)(H,28,33)(H,35,36)(H,37,38)/b29-13-/t14-,19?/m1/s1. The molecule has 1 aromatic heterocycles. The van der Waals surface area contributed by atoms with Crippen LogP contribution in [0.25, 0.3) is 0 Å². The highest BCUT2D eigenvalue weighted by Crippen LogP contribution is 2.40. The van der Waals surface area contributed by atoms with Gasteiger partial charge in [-0.2, -0.15) is 0 Å². The molecule has 1 unspecified atom stereocenters. The number of hydrogen-bond donors (Lipinski definition) is 7. The van der Waals surface area contributed by atoms with E-state index in [9.17, 15) is 48.0 Å². The molecule has 0 spiro atoms. The number of anilines is 1. The van der Waals surface area contributed by atoms with Gasteiger partial charge in [-0.3, -0.25) is 14.5 Å². The van der Waals surface area contributed by atoms with Crippen molar-refractivity contribution in [1.82, 2.24) is 19.9 Å². The fraction of sp³-hybridized carbons (Fsp3) is 0.304. The lowest BCUT2D eigenvalue weighted by Crippen LogP contribution is -2.71. The Morgan fingerprint density at radius 2 is 1.95 bits per heavy atom. The summed E-state index contributed by atoms with van der Waals surface area (Å²) in [5.74, 6) is -6.00. The number of benzene rings is 1. The van der Waals surface area contributed by atoms with E-state index in [-0.39, 0.29) is 26.6 Å².